The summed E-state index contributed by atoms with van der Waals surface area (Å²) in [7, 11) is 0. The summed E-state index contributed by atoms with van der Waals surface area (Å²) in [6.45, 7) is 5.71. The van der Waals surface area contributed by atoms with E-state index in [0.717, 1.165) is 5.57 Å². The fourth-order valence-electron chi connectivity index (χ4n) is 1.79. The minimum atomic E-state index is -0.150. The molecule has 0 saturated heterocycles. The van der Waals surface area contributed by atoms with Gasteiger partial charge in [-0.05, 0) is 25.3 Å². The van der Waals surface area contributed by atoms with Gasteiger partial charge in [-0.25, -0.2) is 0 Å². The number of nitrogens with one attached hydrogen (secondary N) is 1. The first-order valence-corrected chi connectivity index (χ1v) is 5.05. The summed E-state index contributed by atoms with van der Waals surface area (Å²) in [6.07, 6.45) is 6.37. The van der Waals surface area contributed by atoms with E-state index in [1.54, 1.807) is 0 Å². The molecule has 0 aromatic rings. The fraction of sp³-hybridized carbons (Fsp3) is 0.727. The van der Waals surface area contributed by atoms with Crippen molar-refractivity contribution in [2.45, 2.75) is 51.1 Å². The highest BCUT2D eigenvalue weighted by molar-refractivity contribution is 5.13. The van der Waals surface area contributed by atoms with Crippen LogP contribution in [-0.4, -0.2) is 12.1 Å². The minimum absolute atomic E-state index is 0.150. The number of nitriles is 1. The quantitative estimate of drug-likeness (QED) is 0.673. The molecule has 1 saturated carbocycles. The van der Waals surface area contributed by atoms with E-state index in [-0.39, 0.29) is 6.04 Å². The Bertz CT molecular complexity index is 209. The molecule has 1 aliphatic rings. The largest absolute Gasteiger partial charge is 0.296 e. The molecule has 0 radical (unpaired) electrons. The van der Waals surface area contributed by atoms with Gasteiger partial charge in [0.2, 0.25) is 0 Å². The van der Waals surface area contributed by atoms with Crippen molar-refractivity contribution in [1.82, 2.24) is 5.32 Å². The Morgan fingerprint density at radius 1 is 1.46 bits per heavy atom. The Hall–Kier alpha value is -0.810. The molecule has 1 unspecified atom stereocenters. The average Bonchev–Trinajstić information content (AvgIpc) is 2.15. The molecule has 0 heterocycles. The van der Waals surface area contributed by atoms with Crippen molar-refractivity contribution in [2.24, 2.45) is 0 Å². The van der Waals surface area contributed by atoms with Gasteiger partial charge in [0.1, 0.15) is 6.04 Å². The third-order valence-electron chi connectivity index (χ3n) is 2.63. The van der Waals surface area contributed by atoms with Crippen molar-refractivity contribution in [3.8, 4) is 6.07 Å². The molecule has 0 spiro atoms. The van der Waals surface area contributed by atoms with Gasteiger partial charge in [0.15, 0.2) is 0 Å². The SMILES string of the molecule is C=C(C)C(C#N)NC1CCCCC1. The van der Waals surface area contributed by atoms with E-state index >= 15 is 0 Å². The van der Waals surface area contributed by atoms with Crippen molar-refractivity contribution < 1.29 is 0 Å². The molecule has 13 heavy (non-hydrogen) atoms. The molecule has 1 N–H and O–H groups in total. The van der Waals surface area contributed by atoms with Gasteiger partial charge in [-0.15, -0.1) is 0 Å². The first-order chi connectivity index (χ1) is 6.24. The summed E-state index contributed by atoms with van der Waals surface area (Å²) >= 11 is 0. The van der Waals surface area contributed by atoms with Crippen LogP contribution in [0.5, 0.6) is 0 Å². The molecule has 0 bridgehead atoms. The third kappa shape index (κ3) is 3.20. The lowest BCUT2D eigenvalue weighted by atomic mass is 9.94. The zero-order chi connectivity index (χ0) is 9.68. The van der Waals surface area contributed by atoms with Gasteiger partial charge in [-0.2, -0.15) is 5.26 Å². The normalized spacial score (nSPS) is 20.6. The molecular formula is C11H18N2. The van der Waals surface area contributed by atoms with Crippen LogP contribution in [0.1, 0.15) is 39.0 Å². The second kappa shape index (κ2) is 5.04. The molecule has 2 heteroatoms. The van der Waals surface area contributed by atoms with Gasteiger partial charge < -0.3 is 0 Å². The van der Waals surface area contributed by atoms with Crippen molar-refractivity contribution in [3.05, 3.63) is 12.2 Å². The van der Waals surface area contributed by atoms with Gasteiger partial charge >= 0.3 is 0 Å². The van der Waals surface area contributed by atoms with Crippen LogP contribution in [0.3, 0.4) is 0 Å². The molecule has 0 aromatic carbocycles. The van der Waals surface area contributed by atoms with Crippen molar-refractivity contribution >= 4 is 0 Å². The summed E-state index contributed by atoms with van der Waals surface area (Å²) < 4.78 is 0. The Kier molecular flexibility index (Phi) is 3.98. The molecule has 1 rings (SSSR count). The van der Waals surface area contributed by atoms with Crippen LogP contribution in [0.25, 0.3) is 0 Å². The first-order valence-electron chi connectivity index (χ1n) is 5.05. The maximum Gasteiger partial charge on any atom is 0.117 e. The summed E-state index contributed by atoms with van der Waals surface area (Å²) in [6, 6.07) is 2.63. The maximum atomic E-state index is 8.85. The van der Waals surface area contributed by atoms with E-state index in [0.29, 0.717) is 6.04 Å². The Morgan fingerprint density at radius 2 is 2.08 bits per heavy atom. The van der Waals surface area contributed by atoms with Gasteiger partial charge in [-0.3, -0.25) is 5.32 Å². The lowest BCUT2D eigenvalue weighted by molar-refractivity contribution is 0.368. The number of nitrogens with zero attached hydrogens (tertiary/aromatic N) is 1. The molecule has 2 nitrogen and oxygen atoms in total. The highest BCUT2D eigenvalue weighted by atomic mass is 14.9. The molecule has 72 valence electrons. The van der Waals surface area contributed by atoms with E-state index in [1.807, 2.05) is 6.92 Å². The van der Waals surface area contributed by atoms with Crippen LogP contribution >= 0.6 is 0 Å². The zero-order valence-corrected chi connectivity index (χ0v) is 8.34. The number of hydrogen-bond acceptors (Lipinski definition) is 2. The predicted octanol–water partition coefficient (Wildman–Crippen LogP) is 2.38. The molecular weight excluding hydrogens is 160 g/mol. The first kappa shape index (κ1) is 10.3. The topological polar surface area (TPSA) is 35.8 Å². The van der Waals surface area contributed by atoms with Crippen LogP contribution in [-0.2, 0) is 0 Å². The lowest BCUT2D eigenvalue weighted by Crippen LogP contribution is -2.39. The Balaban J connectivity index is 2.37. The molecule has 1 atom stereocenters. The van der Waals surface area contributed by atoms with Gasteiger partial charge in [0, 0.05) is 6.04 Å². The van der Waals surface area contributed by atoms with Crippen LogP contribution in [0.2, 0.25) is 0 Å². The molecule has 0 amide bonds. The summed E-state index contributed by atoms with van der Waals surface area (Å²) in [4.78, 5) is 0. The van der Waals surface area contributed by atoms with E-state index in [4.69, 9.17) is 5.26 Å². The number of hydrogen-bond donors (Lipinski definition) is 1. The van der Waals surface area contributed by atoms with Crippen molar-refractivity contribution in [2.75, 3.05) is 0 Å². The summed E-state index contributed by atoms with van der Waals surface area (Å²) in [5, 5.41) is 12.2. The zero-order valence-electron chi connectivity index (χ0n) is 8.34. The third-order valence-corrected chi connectivity index (χ3v) is 2.63. The lowest BCUT2D eigenvalue weighted by Gasteiger charge is -2.25. The number of rotatable bonds is 3. The molecule has 0 aliphatic heterocycles. The average molecular weight is 178 g/mol. The highest BCUT2D eigenvalue weighted by Gasteiger charge is 2.17. The maximum absolute atomic E-state index is 8.85. The molecule has 1 aliphatic carbocycles. The predicted molar refractivity (Wildman–Crippen MR) is 54.2 cm³/mol. The Labute approximate surface area is 80.6 Å². The monoisotopic (exact) mass is 178 g/mol. The van der Waals surface area contributed by atoms with E-state index < -0.39 is 0 Å². The van der Waals surface area contributed by atoms with Crippen LogP contribution in [0.4, 0.5) is 0 Å². The van der Waals surface area contributed by atoms with Crippen LogP contribution in [0, 0.1) is 11.3 Å². The van der Waals surface area contributed by atoms with Crippen LogP contribution < -0.4 is 5.32 Å². The van der Waals surface area contributed by atoms with Crippen molar-refractivity contribution in [1.29, 1.82) is 5.26 Å². The van der Waals surface area contributed by atoms with Gasteiger partial charge in [0.25, 0.3) is 0 Å². The summed E-state index contributed by atoms with van der Waals surface area (Å²) in [5.41, 5.74) is 0.924. The minimum Gasteiger partial charge on any atom is -0.296 e. The highest BCUT2D eigenvalue weighted by Crippen LogP contribution is 2.18. The molecule has 1 fully saturated rings. The van der Waals surface area contributed by atoms with E-state index in [1.165, 1.54) is 32.1 Å². The van der Waals surface area contributed by atoms with Crippen LogP contribution in [0.15, 0.2) is 12.2 Å². The fourth-order valence-corrected chi connectivity index (χ4v) is 1.79. The van der Waals surface area contributed by atoms with Gasteiger partial charge in [0.05, 0.1) is 6.07 Å². The van der Waals surface area contributed by atoms with E-state index in [2.05, 4.69) is 18.0 Å². The standard InChI is InChI=1S/C11H18N2/c1-9(2)11(8-12)13-10-6-4-3-5-7-10/h10-11,13H,1,3-7H2,2H3. The smallest absolute Gasteiger partial charge is 0.117 e. The van der Waals surface area contributed by atoms with Crippen molar-refractivity contribution in [3.63, 3.8) is 0 Å². The Morgan fingerprint density at radius 3 is 2.54 bits per heavy atom. The second-order valence-corrected chi connectivity index (χ2v) is 3.91. The summed E-state index contributed by atoms with van der Waals surface area (Å²) in [5.74, 6) is 0. The van der Waals surface area contributed by atoms with E-state index in [9.17, 15) is 0 Å². The second-order valence-electron chi connectivity index (χ2n) is 3.91. The molecule has 0 aromatic heterocycles. The van der Waals surface area contributed by atoms with Gasteiger partial charge in [-0.1, -0.05) is 25.8 Å².